The minimum atomic E-state index is 0. The van der Waals surface area contributed by atoms with Gasteiger partial charge in [0.1, 0.15) is 0 Å². The largest absolute Gasteiger partial charge is 0.342 e. The van der Waals surface area contributed by atoms with Crippen molar-refractivity contribution in [3.63, 3.8) is 0 Å². The van der Waals surface area contributed by atoms with Gasteiger partial charge in [-0.25, -0.2) is 0 Å². The third-order valence-electron chi connectivity index (χ3n) is 4.05. The van der Waals surface area contributed by atoms with Crippen LogP contribution in [-0.2, 0) is 4.79 Å². The van der Waals surface area contributed by atoms with Crippen molar-refractivity contribution in [2.75, 3.05) is 13.1 Å². The first kappa shape index (κ1) is 13.8. The third-order valence-corrected chi connectivity index (χ3v) is 4.05. The van der Waals surface area contributed by atoms with Gasteiger partial charge in [0, 0.05) is 25.0 Å². The van der Waals surface area contributed by atoms with Gasteiger partial charge in [-0.15, -0.1) is 12.4 Å². The minimum absolute atomic E-state index is 0. The molecule has 1 unspecified atom stereocenters. The van der Waals surface area contributed by atoms with Crippen LogP contribution in [0.25, 0.3) is 0 Å². The molecule has 4 heteroatoms. The normalized spacial score (nSPS) is 24.5. The summed E-state index contributed by atoms with van der Waals surface area (Å²) in [6.07, 6.45) is 5.66. The van der Waals surface area contributed by atoms with Crippen LogP contribution in [0.1, 0.15) is 39.0 Å². The number of carbonyl (C=O) groups is 1. The molecule has 0 radical (unpaired) electrons. The Morgan fingerprint density at radius 3 is 2.19 bits per heavy atom. The molecule has 1 amide bonds. The number of hydrogen-bond acceptors (Lipinski definition) is 2. The molecule has 1 saturated carbocycles. The van der Waals surface area contributed by atoms with Crippen LogP contribution in [0.15, 0.2) is 0 Å². The average molecular weight is 247 g/mol. The second kappa shape index (κ2) is 5.87. The summed E-state index contributed by atoms with van der Waals surface area (Å²) in [4.78, 5) is 14.0. The van der Waals surface area contributed by atoms with Crippen LogP contribution in [-0.4, -0.2) is 29.9 Å². The summed E-state index contributed by atoms with van der Waals surface area (Å²) in [7, 11) is 0. The molecule has 0 aromatic heterocycles. The van der Waals surface area contributed by atoms with Crippen molar-refractivity contribution in [1.82, 2.24) is 4.90 Å². The number of nitrogens with two attached hydrogens (primary N) is 1. The predicted octanol–water partition coefficient (Wildman–Crippen LogP) is 1.79. The van der Waals surface area contributed by atoms with Gasteiger partial charge in [0.25, 0.3) is 0 Å². The van der Waals surface area contributed by atoms with Gasteiger partial charge in [0.05, 0.1) is 0 Å². The van der Waals surface area contributed by atoms with E-state index in [1.54, 1.807) is 0 Å². The van der Waals surface area contributed by atoms with Crippen molar-refractivity contribution in [1.29, 1.82) is 0 Å². The summed E-state index contributed by atoms with van der Waals surface area (Å²) in [6.45, 7) is 3.94. The van der Waals surface area contributed by atoms with Gasteiger partial charge in [-0.05, 0) is 38.5 Å². The molecule has 16 heavy (non-hydrogen) atoms. The van der Waals surface area contributed by atoms with E-state index in [0.29, 0.717) is 17.7 Å². The van der Waals surface area contributed by atoms with Crippen molar-refractivity contribution in [3.05, 3.63) is 0 Å². The van der Waals surface area contributed by atoms with E-state index >= 15 is 0 Å². The van der Waals surface area contributed by atoms with Gasteiger partial charge >= 0.3 is 0 Å². The fourth-order valence-electron chi connectivity index (χ4n) is 2.56. The molecule has 3 nitrogen and oxygen atoms in total. The summed E-state index contributed by atoms with van der Waals surface area (Å²) in [5, 5.41) is 0. The number of likely N-dealkylation sites (tertiary alicyclic amines) is 1. The molecule has 2 fully saturated rings. The van der Waals surface area contributed by atoms with Gasteiger partial charge < -0.3 is 10.6 Å². The number of rotatable bonds is 2. The lowest BCUT2D eigenvalue weighted by atomic mass is 9.83. The van der Waals surface area contributed by atoms with Gasteiger partial charge in [0.2, 0.25) is 5.91 Å². The summed E-state index contributed by atoms with van der Waals surface area (Å²) in [5.41, 5.74) is 5.88. The zero-order valence-electron chi connectivity index (χ0n) is 10.0. The van der Waals surface area contributed by atoms with Gasteiger partial charge in [-0.3, -0.25) is 4.79 Å². The molecule has 1 aliphatic carbocycles. The Morgan fingerprint density at radius 1 is 1.25 bits per heavy atom. The van der Waals surface area contributed by atoms with E-state index in [0.717, 1.165) is 38.8 Å². The Bertz CT molecular complexity index is 233. The van der Waals surface area contributed by atoms with Crippen molar-refractivity contribution in [3.8, 4) is 0 Å². The molecule has 0 bridgehead atoms. The highest BCUT2D eigenvalue weighted by Gasteiger charge is 2.32. The van der Waals surface area contributed by atoms with E-state index in [9.17, 15) is 4.79 Å². The molecular weight excluding hydrogens is 224 g/mol. The van der Waals surface area contributed by atoms with Crippen LogP contribution in [0.4, 0.5) is 0 Å². The molecule has 0 aromatic carbocycles. The highest BCUT2D eigenvalue weighted by Crippen LogP contribution is 2.30. The van der Waals surface area contributed by atoms with Gasteiger partial charge in [-0.1, -0.05) is 6.42 Å². The Hall–Kier alpha value is -0.280. The van der Waals surface area contributed by atoms with Crippen LogP contribution in [0.2, 0.25) is 0 Å². The smallest absolute Gasteiger partial charge is 0.225 e. The zero-order valence-corrected chi connectivity index (χ0v) is 10.8. The summed E-state index contributed by atoms with van der Waals surface area (Å²) in [5.74, 6) is 1.39. The second-order valence-electron chi connectivity index (χ2n) is 5.15. The Kier molecular flexibility index (Phi) is 5.06. The summed E-state index contributed by atoms with van der Waals surface area (Å²) >= 11 is 0. The highest BCUT2D eigenvalue weighted by atomic mass is 35.5. The first-order chi connectivity index (χ1) is 7.18. The molecule has 0 aromatic rings. The molecule has 1 saturated heterocycles. The van der Waals surface area contributed by atoms with E-state index in [-0.39, 0.29) is 18.4 Å². The Morgan fingerprint density at radius 2 is 1.81 bits per heavy atom. The van der Waals surface area contributed by atoms with E-state index < -0.39 is 0 Å². The molecular formula is C12H23ClN2O. The topological polar surface area (TPSA) is 46.3 Å². The molecule has 94 valence electrons. The number of amides is 1. The molecule has 0 spiro atoms. The first-order valence-corrected chi connectivity index (χ1v) is 6.23. The Labute approximate surface area is 104 Å². The third kappa shape index (κ3) is 2.89. The van der Waals surface area contributed by atoms with Crippen LogP contribution in [0.5, 0.6) is 0 Å². The standard InChI is InChI=1S/C12H22N2O.ClH/c1-9(13)10-5-7-14(8-6-10)12(15)11-3-2-4-11;/h9-11H,2-8,13H2,1H3;1H. The second-order valence-corrected chi connectivity index (χ2v) is 5.15. The van der Waals surface area contributed by atoms with Crippen molar-refractivity contribution in [2.45, 2.75) is 45.1 Å². The SMILES string of the molecule is CC(N)C1CCN(C(=O)C2CCC2)CC1.Cl. The predicted molar refractivity (Wildman–Crippen MR) is 67.5 cm³/mol. The molecule has 2 N–H and O–H groups in total. The zero-order chi connectivity index (χ0) is 10.8. The molecule has 1 atom stereocenters. The molecule has 1 heterocycles. The van der Waals surface area contributed by atoms with Crippen molar-refractivity contribution < 1.29 is 4.79 Å². The lowest BCUT2D eigenvalue weighted by Gasteiger charge is -2.37. The number of piperidine rings is 1. The average Bonchev–Trinajstić information content (AvgIpc) is 2.15. The number of carbonyl (C=O) groups excluding carboxylic acids is 1. The van der Waals surface area contributed by atoms with Gasteiger partial charge in [-0.2, -0.15) is 0 Å². The van der Waals surface area contributed by atoms with Crippen LogP contribution in [0.3, 0.4) is 0 Å². The Balaban J connectivity index is 0.00000128. The number of halogens is 1. The first-order valence-electron chi connectivity index (χ1n) is 6.23. The van der Waals surface area contributed by atoms with E-state index in [2.05, 4.69) is 11.8 Å². The highest BCUT2D eigenvalue weighted by molar-refractivity contribution is 5.85. The van der Waals surface area contributed by atoms with Crippen LogP contribution < -0.4 is 5.73 Å². The monoisotopic (exact) mass is 246 g/mol. The number of nitrogens with zero attached hydrogens (tertiary/aromatic N) is 1. The van der Waals surface area contributed by atoms with E-state index in [1.165, 1.54) is 6.42 Å². The maximum atomic E-state index is 12.0. The lowest BCUT2D eigenvalue weighted by Crippen LogP contribution is -2.45. The fourth-order valence-corrected chi connectivity index (χ4v) is 2.56. The molecule has 2 aliphatic rings. The lowest BCUT2D eigenvalue weighted by molar-refractivity contribution is -0.139. The summed E-state index contributed by atoms with van der Waals surface area (Å²) in [6, 6.07) is 0.283. The van der Waals surface area contributed by atoms with Crippen molar-refractivity contribution in [2.24, 2.45) is 17.6 Å². The maximum absolute atomic E-state index is 12.0. The van der Waals surface area contributed by atoms with E-state index in [4.69, 9.17) is 5.73 Å². The van der Waals surface area contributed by atoms with Crippen LogP contribution >= 0.6 is 12.4 Å². The minimum Gasteiger partial charge on any atom is -0.342 e. The molecule has 2 rings (SSSR count). The maximum Gasteiger partial charge on any atom is 0.225 e. The number of hydrogen-bond donors (Lipinski definition) is 1. The van der Waals surface area contributed by atoms with E-state index in [1.807, 2.05) is 0 Å². The quantitative estimate of drug-likeness (QED) is 0.808. The van der Waals surface area contributed by atoms with Crippen LogP contribution in [0, 0.1) is 11.8 Å². The van der Waals surface area contributed by atoms with Gasteiger partial charge in [0.15, 0.2) is 0 Å². The summed E-state index contributed by atoms with van der Waals surface area (Å²) < 4.78 is 0. The van der Waals surface area contributed by atoms with Crippen molar-refractivity contribution >= 4 is 18.3 Å². The molecule has 1 aliphatic heterocycles. The fraction of sp³-hybridized carbons (Fsp3) is 0.917.